The van der Waals surface area contributed by atoms with Crippen LogP contribution in [0, 0.1) is 6.92 Å². The summed E-state index contributed by atoms with van der Waals surface area (Å²) in [6.45, 7) is 1.78. The largest absolute Gasteiger partial charge is 0.326 e. The van der Waals surface area contributed by atoms with E-state index in [-0.39, 0.29) is 29.4 Å². The van der Waals surface area contributed by atoms with Crippen molar-refractivity contribution in [2.24, 2.45) is 0 Å². The smallest absolute Gasteiger partial charge is 0.242 e. The average molecular weight is 380 g/mol. The average Bonchev–Trinajstić information content (AvgIpc) is 3.09. The Balaban J connectivity index is 2.06. The lowest BCUT2D eigenvalue weighted by molar-refractivity contribution is -0.116. The van der Waals surface area contributed by atoms with E-state index in [1.54, 1.807) is 25.1 Å². The van der Waals surface area contributed by atoms with Gasteiger partial charge in [0.05, 0.1) is 9.77 Å². The highest BCUT2D eigenvalue weighted by atomic mass is 32.2. The van der Waals surface area contributed by atoms with Crippen molar-refractivity contribution in [3.63, 3.8) is 0 Å². The number of amides is 1. The van der Waals surface area contributed by atoms with E-state index in [1.807, 2.05) is 5.38 Å². The quantitative estimate of drug-likeness (QED) is 0.749. The molecule has 0 fully saturated rings. The van der Waals surface area contributed by atoms with Crippen molar-refractivity contribution in [2.75, 3.05) is 19.4 Å². The van der Waals surface area contributed by atoms with Gasteiger partial charge >= 0.3 is 0 Å². The summed E-state index contributed by atoms with van der Waals surface area (Å²) in [5.74, 6) is -0.404. The molecule has 6 nitrogen and oxygen atoms in total. The first-order valence-electron chi connectivity index (χ1n) is 7.61. The van der Waals surface area contributed by atoms with Crippen LogP contribution in [0.15, 0.2) is 40.6 Å². The number of nitrogens with zero attached hydrogens (tertiary/aromatic N) is 1. The zero-order valence-electron chi connectivity index (χ0n) is 14.3. The minimum atomic E-state index is -3.58. The SMILES string of the molecule is Cc1ccc(S(=O)(=O)N(C)C)cc1NC(=O)CCC(=O)c1cccs1. The Morgan fingerprint density at radius 2 is 1.88 bits per heavy atom. The van der Waals surface area contributed by atoms with Gasteiger partial charge in [-0.15, -0.1) is 11.3 Å². The lowest BCUT2D eigenvalue weighted by atomic mass is 10.1. The molecule has 2 aromatic rings. The van der Waals surface area contributed by atoms with Gasteiger partial charge in [0.25, 0.3) is 0 Å². The van der Waals surface area contributed by atoms with Crippen molar-refractivity contribution in [3.05, 3.63) is 46.2 Å². The third-order valence-corrected chi connectivity index (χ3v) is 6.36. The standard InChI is InChI=1S/C17H20N2O4S2/c1-12-6-7-13(25(22,23)19(2)3)11-14(12)18-17(21)9-8-15(20)16-5-4-10-24-16/h4-7,10-11H,8-9H2,1-3H3,(H,18,21). The number of sulfonamides is 1. The van der Waals surface area contributed by atoms with Crippen LogP contribution >= 0.6 is 11.3 Å². The number of ketones is 1. The number of carbonyl (C=O) groups excluding carboxylic acids is 2. The molecule has 134 valence electrons. The van der Waals surface area contributed by atoms with Gasteiger partial charge in [0.1, 0.15) is 0 Å². The number of benzene rings is 1. The Morgan fingerprint density at radius 1 is 1.16 bits per heavy atom. The van der Waals surface area contributed by atoms with Crippen molar-refractivity contribution in [3.8, 4) is 0 Å². The predicted octanol–water partition coefficient (Wildman–Crippen LogP) is 2.91. The van der Waals surface area contributed by atoms with Crippen LogP contribution in [0.3, 0.4) is 0 Å². The molecule has 8 heteroatoms. The number of carbonyl (C=O) groups is 2. The summed E-state index contributed by atoms with van der Waals surface area (Å²) in [6, 6.07) is 8.09. The molecule has 0 saturated heterocycles. The number of thiophene rings is 1. The second-order valence-electron chi connectivity index (χ2n) is 5.71. The minimum Gasteiger partial charge on any atom is -0.326 e. The fourth-order valence-electron chi connectivity index (χ4n) is 2.11. The molecule has 1 N–H and O–H groups in total. The number of hydrogen-bond acceptors (Lipinski definition) is 5. The zero-order valence-corrected chi connectivity index (χ0v) is 15.9. The van der Waals surface area contributed by atoms with Crippen molar-refractivity contribution < 1.29 is 18.0 Å². The van der Waals surface area contributed by atoms with Gasteiger partial charge < -0.3 is 5.32 Å². The lowest BCUT2D eigenvalue weighted by Crippen LogP contribution is -2.22. The van der Waals surface area contributed by atoms with Crippen LogP contribution in [-0.4, -0.2) is 38.5 Å². The first-order valence-corrected chi connectivity index (χ1v) is 9.93. The number of rotatable bonds is 7. The summed E-state index contributed by atoms with van der Waals surface area (Å²) in [5, 5.41) is 4.50. The van der Waals surface area contributed by atoms with E-state index in [0.29, 0.717) is 10.6 Å². The summed E-state index contributed by atoms with van der Waals surface area (Å²) in [4.78, 5) is 24.8. The van der Waals surface area contributed by atoms with Crippen LogP contribution in [0.4, 0.5) is 5.69 Å². The van der Waals surface area contributed by atoms with Crippen LogP contribution in [0.25, 0.3) is 0 Å². The highest BCUT2D eigenvalue weighted by Crippen LogP contribution is 2.22. The van der Waals surface area contributed by atoms with E-state index in [9.17, 15) is 18.0 Å². The van der Waals surface area contributed by atoms with Gasteiger partial charge in [-0.05, 0) is 36.1 Å². The number of anilines is 1. The second-order valence-corrected chi connectivity index (χ2v) is 8.81. The summed E-state index contributed by atoms with van der Waals surface area (Å²) >= 11 is 1.34. The van der Waals surface area contributed by atoms with Gasteiger partial charge in [0, 0.05) is 32.6 Å². The van der Waals surface area contributed by atoms with Crippen molar-refractivity contribution in [2.45, 2.75) is 24.7 Å². The molecule has 1 aromatic carbocycles. The third kappa shape index (κ3) is 4.75. The van der Waals surface area contributed by atoms with Gasteiger partial charge in [-0.3, -0.25) is 9.59 Å². The molecule has 0 spiro atoms. The number of nitrogens with one attached hydrogen (secondary N) is 1. The van der Waals surface area contributed by atoms with E-state index in [4.69, 9.17) is 0 Å². The van der Waals surface area contributed by atoms with E-state index < -0.39 is 10.0 Å². The van der Waals surface area contributed by atoms with Crippen LogP contribution in [0.5, 0.6) is 0 Å². The summed E-state index contributed by atoms with van der Waals surface area (Å²) in [5.41, 5.74) is 1.17. The molecule has 0 aliphatic rings. The molecule has 1 aromatic heterocycles. The molecule has 2 rings (SSSR count). The summed E-state index contributed by atoms with van der Waals surface area (Å²) in [7, 11) is -0.682. The maximum Gasteiger partial charge on any atom is 0.242 e. The Kier molecular flexibility index (Phi) is 6.10. The minimum absolute atomic E-state index is 0.0425. The molecule has 0 atom stereocenters. The van der Waals surface area contributed by atoms with Crippen molar-refractivity contribution >= 4 is 38.7 Å². The first-order chi connectivity index (χ1) is 11.7. The highest BCUT2D eigenvalue weighted by molar-refractivity contribution is 7.89. The van der Waals surface area contributed by atoms with Crippen LogP contribution in [0.2, 0.25) is 0 Å². The molecule has 1 amide bonds. The molecule has 0 bridgehead atoms. The Morgan fingerprint density at radius 3 is 2.48 bits per heavy atom. The number of Topliss-reactive ketones (excluding diaryl/α,β-unsaturated/α-hetero) is 1. The number of aryl methyl sites for hydroxylation is 1. The highest BCUT2D eigenvalue weighted by Gasteiger charge is 2.19. The lowest BCUT2D eigenvalue weighted by Gasteiger charge is -2.14. The van der Waals surface area contributed by atoms with Crippen LogP contribution in [0.1, 0.15) is 28.1 Å². The fraction of sp³-hybridized carbons (Fsp3) is 0.294. The Hall–Kier alpha value is -2.03. The molecule has 0 aliphatic carbocycles. The predicted molar refractivity (Wildman–Crippen MR) is 98.6 cm³/mol. The van der Waals surface area contributed by atoms with Crippen molar-refractivity contribution in [1.29, 1.82) is 0 Å². The van der Waals surface area contributed by atoms with Crippen LogP contribution in [-0.2, 0) is 14.8 Å². The van der Waals surface area contributed by atoms with Crippen LogP contribution < -0.4 is 5.32 Å². The third-order valence-electron chi connectivity index (χ3n) is 3.64. The van der Waals surface area contributed by atoms with Gasteiger partial charge in [0.2, 0.25) is 15.9 Å². The first kappa shape index (κ1) is 19.3. The van der Waals surface area contributed by atoms with Gasteiger partial charge in [0.15, 0.2) is 5.78 Å². The van der Waals surface area contributed by atoms with Gasteiger partial charge in [-0.25, -0.2) is 12.7 Å². The monoisotopic (exact) mass is 380 g/mol. The van der Waals surface area contributed by atoms with Crippen molar-refractivity contribution in [1.82, 2.24) is 4.31 Å². The normalized spacial score (nSPS) is 11.5. The summed E-state index contributed by atoms with van der Waals surface area (Å²) in [6.07, 6.45) is 0.155. The molecular formula is C17H20N2O4S2. The molecule has 0 radical (unpaired) electrons. The van der Waals surface area contributed by atoms with E-state index in [2.05, 4.69) is 5.32 Å². The van der Waals surface area contributed by atoms with E-state index in [0.717, 1.165) is 9.87 Å². The topological polar surface area (TPSA) is 83.6 Å². The Bertz CT molecular complexity index is 872. The molecule has 0 aliphatic heterocycles. The molecule has 0 unspecified atom stereocenters. The molecule has 25 heavy (non-hydrogen) atoms. The number of hydrogen-bond donors (Lipinski definition) is 1. The maximum absolute atomic E-state index is 12.2. The van der Waals surface area contributed by atoms with E-state index >= 15 is 0 Å². The Labute approximate surface area is 151 Å². The van der Waals surface area contributed by atoms with E-state index in [1.165, 1.54) is 37.6 Å². The molecule has 0 saturated carbocycles. The van der Waals surface area contributed by atoms with Gasteiger partial charge in [-0.1, -0.05) is 12.1 Å². The maximum atomic E-state index is 12.2. The summed E-state index contributed by atoms with van der Waals surface area (Å²) < 4.78 is 25.5. The second kappa shape index (κ2) is 7.90. The molecular weight excluding hydrogens is 360 g/mol. The fourth-order valence-corrected chi connectivity index (χ4v) is 3.73. The van der Waals surface area contributed by atoms with Gasteiger partial charge in [-0.2, -0.15) is 0 Å². The zero-order chi connectivity index (χ0) is 18.6. The molecule has 1 heterocycles.